The third-order valence-electron chi connectivity index (χ3n) is 3.54. The van der Waals surface area contributed by atoms with Crippen molar-refractivity contribution in [2.24, 2.45) is 16.6 Å². The average molecular weight is 462 g/mol. The summed E-state index contributed by atoms with van der Waals surface area (Å²) in [5.74, 6) is 0.828. The predicted molar refractivity (Wildman–Crippen MR) is 79.2 cm³/mol. The van der Waals surface area contributed by atoms with Gasteiger partial charge in [0.05, 0.1) is 0 Å². The van der Waals surface area contributed by atoms with Crippen LogP contribution in [-0.4, -0.2) is 27.3 Å². The Morgan fingerprint density at radius 1 is 1.60 bits per heavy atom. The van der Waals surface area contributed by atoms with E-state index < -0.39 is 0 Å². The molecule has 4 nitrogen and oxygen atoms in total. The Hall–Kier alpha value is -0.672. The molecule has 1 aliphatic heterocycles. The Kier molecular flexibility index (Phi) is 5.39. The van der Waals surface area contributed by atoms with E-state index in [4.69, 9.17) is 10.5 Å². The van der Waals surface area contributed by atoms with E-state index in [1.165, 1.54) is 40.6 Å². The van der Waals surface area contributed by atoms with E-state index in [1.54, 1.807) is 7.11 Å². The molecule has 1 fully saturated rings. The van der Waals surface area contributed by atoms with Crippen LogP contribution in [0.2, 0.25) is 0 Å². The zero-order valence-corrected chi connectivity index (χ0v) is 15.2. The van der Waals surface area contributed by atoms with Crippen molar-refractivity contribution in [2.75, 3.05) is 7.11 Å². The first kappa shape index (κ1) is 15.7. The molecule has 2 atom stereocenters. The zero-order chi connectivity index (χ0) is 14.7. The number of hydrogen-bond donors (Lipinski definition) is 1. The van der Waals surface area contributed by atoms with E-state index in [-0.39, 0.29) is 17.1 Å². The summed E-state index contributed by atoms with van der Waals surface area (Å²) in [6.07, 6.45) is 6.33. The molecule has 0 saturated heterocycles. The van der Waals surface area contributed by atoms with Gasteiger partial charge in [-0.05, 0) is 0 Å². The number of aliphatic imine (C=N–C) groups is 1. The molecule has 20 heavy (non-hydrogen) atoms. The second-order valence-electron chi connectivity index (χ2n) is 4.88. The molecule has 0 aromatic carbocycles. The summed E-state index contributed by atoms with van der Waals surface area (Å²) in [6, 6.07) is 0. The van der Waals surface area contributed by atoms with Crippen LogP contribution in [0.25, 0.3) is 0 Å². The fourth-order valence-electron chi connectivity index (χ4n) is 2.49. The Morgan fingerprint density at radius 3 is 2.95 bits per heavy atom. The minimum atomic E-state index is -0.139. The maximum atomic E-state index is 12.0. The number of allylic oxidation sites excluding steroid dienone is 2. The van der Waals surface area contributed by atoms with Crippen LogP contribution < -0.4 is 5.73 Å². The number of nitrogens with zero attached hydrogens (tertiary/aromatic N) is 1. The van der Waals surface area contributed by atoms with Gasteiger partial charge in [-0.3, -0.25) is 0 Å². The van der Waals surface area contributed by atoms with E-state index in [0.29, 0.717) is 10.9 Å². The van der Waals surface area contributed by atoms with Crippen LogP contribution in [0.1, 0.15) is 25.7 Å². The molecule has 108 valence electrons. The van der Waals surface area contributed by atoms with E-state index in [9.17, 15) is 4.79 Å². The van der Waals surface area contributed by atoms with Crippen molar-refractivity contribution in [3.8, 4) is 0 Å². The summed E-state index contributed by atoms with van der Waals surface area (Å²) in [4.78, 5) is 15.8. The first-order chi connectivity index (χ1) is 9.52. The van der Waals surface area contributed by atoms with Crippen LogP contribution in [0.4, 0.5) is 0 Å². The van der Waals surface area contributed by atoms with Gasteiger partial charge in [-0.2, -0.15) is 0 Å². The maximum absolute atomic E-state index is 12.0. The number of methoxy groups -OCH3 is 1. The number of ether oxygens (including phenoxy) is 1. The van der Waals surface area contributed by atoms with Crippen molar-refractivity contribution < 1.29 is 28.9 Å². The number of nitrogens with two attached hydrogens (primary N) is 1. The van der Waals surface area contributed by atoms with Gasteiger partial charge in [0.2, 0.25) is 0 Å². The summed E-state index contributed by atoms with van der Waals surface area (Å²) in [5, 5.41) is 0.263. The molecule has 2 aliphatic rings. The second kappa shape index (κ2) is 6.86. The normalized spacial score (nSPS) is 29.2. The number of rotatable bonds is 3. The van der Waals surface area contributed by atoms with Crippen molar-refractivity contribution in [3.05, 3.63) is 24.0 Å². The molecule has 0 aromatic rings. The fourth-order valence-corrected chi connectivity index (χ4v) is 5.32. The molecule has 0 spiro atoms. The molecule has 1 amide bonds. The van der Waals surface area contributed by atoms with Crippen LogP contribution in [0, 0.1) is 5.92 Å². The Balaban J connectivity index is 2.21. The molecule has 1 aliphatic carbocycles. The number of amidine groups is 1. The van der Waals surface area contributed by atoms with Crippen molar-refractivity contribution >= 4 is 26.7 Å². The molecular weight excluding hydrogens is 444 g/mol. The van der Waals surface area contributed by atoms with Gasteiger partial charge < -0.3 is 0 Å². The molecular formula is C14H18N2O2SW. The van der Waals surface area contributed by atoms with Gasteiger partial charge >= 0.3 is 134 Å². The standard InChI is InChI=1S/C14H18N2O2S.W/c1-9(18-2)7-10-5-3-4-6-11(8-10)12-13(17)16-14(15)19-12;/h7,11-12H,1,3-6H2,2H3,(H2,15,16,17);. The van der Waals surface area contributed by atoms with Crippen LogP contribution in [0.3, 0.4) is 0 Å². The predicted octanol–water partition coefficient (Wildman–Crippen LogP) is 1.94. The van der Waals surface area contributed by atoms with Gasteiger partial charge in [0.15, 0.2) is 0 Å². The van der Waals surface area contributed by atoms with Crippen molar-refractivity contribution in [1.29, 1.82) is 0 Å². The Morgan fingerprint density at radius 2 is 2.35 bits per heavy atom. The van der Waals surface area contributed by atoms with Crippen molar-refractivity contribution in [2.45, 2.75) is 30.9 Å². The molecule has 0 aromatic heterocycles. The van der Waals surface area contributed by atoms with Crippen molar-refractivity contribution in [3.63, 3.8) is 0 Å². The third-order valence-corrected chi connectivity index (χ3v) is 6.69. The Labute approximate surface area is 134 Å². The van der Waals surface area contributed by atoms with Gasteiger partial charge in [0.1, 0.15) is 0 Å². The van der Waals surface area contributed by atoms with E-state index in [2.05, 4.69) is 11.6 Å². The monoisotopic (exact) mass is 462 g/mol. The number of hydrogen-bond acceptors (Lipinski definition) is 4. The minimum absolute atomic E-state index is 0.0805. The van der Waals surface area contributed by atoms with E-state index in [0.717, 1.165) is 25.7 Å². The molecule has 6 heteroatoms. The summed E-state index contributed by atoms with van der Waals surface area (Å²) < 4.78 is 6.48. The summed E-state index contributed by atoms with van der Waals surface area (Å²) in [5.41, 5.74) is 6.96. The second-order valence-corrected chi connectivity index (χ2v) is 7.63. The molecule has 0 bridgehead atoms. The summed E-state index contributed by atoms with van der Waals surface area (Å²) in [6.45, 7) is 3.86. The quantitative estimate of drug-likeness (QED) is 0.515. The third kappa shape index (κ3) is 3.50. The zero-order valence-electron chi connectivity index (χ0n) is 11.4. The fraction of sp³-hybridized carbons (Fsp3) is 0.500. The van der Waals surface area contributed by atoms with Gasteiger partial charge in [-0.25, -0.2) is 0 Å². The summed E-state index contributed by atoms with van der Waals surface area (Å²) >= 11 is 2.81. The molecule has 2 N–H and O–H groups in total. The number of carbonyl (C=O) groups is 1. The van der Waals surface area contributed by atoms with Gasteiger partial charge in [0.25, 0.3) is 0 Å². The Bertz CT molecular complexity index is 513. The number of amides is 1. The SMILES string of the molecule is C=C(C=C1CCCCC(C2SC(N)=NC2=O)[C]1=[W])OC. The van der Waals surface area contributed by atoms with E-state index >= 15 is 0 Å². The average Bonchev–Trinajstić information content (AvgIpc) is 2.64. The van der Waals surface area contributed by atoms with Gasteiger partial charge in [-0.1, -0.05) is 0 Å². The topological polar surface area (TPSA) is 64.7 Å². The van der Waals surface area contributed by atoms with E-state index in [1.807, 2.05) is 6.08 Å². The number of carbonyl (C=O) groups excluding carboxylic acids is 1. The number of thioether (sulfide) groups is 1. The van der Waals surface area contributed by atoms with Crippen LogP contribution in [0.15, 0.2) is 29.0 Å². The van der Waals surface area contributed by atoms with Crippen LogP contribution in [0.5, 0.6) is 0 Å². The van der Waals surface area contributed by atoms with Gasteiger partial charge in [-0.15, -0.1) is 0 Å². The molecule has 2 unspecified atom stereocenters. The molecule has 2 rings (SSSR count). The molecule has 1 saturated carbocycles. The molecule has 0 radical (unpaired) electrons. The van der Waals surface area contributed by atoms with Crippen LogP contribution >= 0.6 is 11.8 Å². The van der Waals surface area contributed by atoms with Gasteiger partial charge in [0, 0.05) is 0 Å². The van der Waals surface area contributed by atoms with Crippen molar-refractivity contribution in [1.82, 2.24) is 0 Å². The van der Waals surface area contributed by atoms with Crippen LogP contribution in [-0.2, 0) is 28.9 Å². The first-order valence-electron chi connectivity index (χ1n) is 6.55. The molecule has 1 heterocycles. The summed E-state index contributed by atoms with van der Waals surface area (Å²) in [7, 11) is 1.63. The first-order valence-corrected chi connectivity index (χ1v) is 8.90.